The molecule has 0 amide bonds. The topological polar surface area (TPSA) is 28.2 Å². The van der Waals surface area contributed by atoms with Gasteiger partial charge in [-0.2, -0.15) is 0 Å². The Morgan fingerprint density at radius 3 is 2.94 bits per heavy atom. The SMILES string of the molecule is CN(C)CCNc1cccc2cnccc12. The quantitative estimate of drug-likeness (QED) is 0.847. The van der Waals surface area contributed by atoms with Crippen molar-refractivity contribution < 1.29 is 0 Å². The van der Waals surface area contributed by atoms with Crippen LogP contribution in [0.2, 0.25) is 0 Å². The van der Waals surface area contributed by atoms with Gasteiger partial charge in [-0.15, -0.1) is 0 Å². The molecule has 1 heterocycles. The van der Waals surface area contributed by atoms with Crippen LogP contribution in [-0.2, 0) is 0 Å². The zero-order chi connectivity index (χ0) is 11.4. The van der Waals surface area contributed by atoms with E-state index in [1.54, 1.807) is 0 Å². The van der Waals surface area contributed by atoms with Crippen molar-refractivity contribution >= 4 is 16.5 Å². The summed E-state index contributed by atoms with van der Waals surface area (Å²) in [5.41, 5.74) is 1.18. The van der Waals surface area contributed by atoms with E-state index in [9.17, 15) is 0 Å². The van der Waals surface area contributed by atoms with E-state index in [-0.39, 0.29) is 0 Å². The molecule has 0 aliphatic rings. The second-order valence-electron chi connectivity index (χ2n) is 4.13. The summed E-state index contributed by atoms with van der Waals surface area (Å²) in [6.45, 7) is 1.98. The van der Waals surface area contributed by atoms with E-state index in [4.69, 9.17) is 0 Å². The van der Waals surface area contributed by atoms with E-state index < -0.39 is 0 Å². The summed E-state index contributed by atoms with van der Waals surface area (Å²) in [4.78, 5) is 6.29. The highest BCUT2D eigenvalue weighted by atomic mass is 15.1. The van der Waals surface area contributed by atoms with Crippen LogP contribution in [0.15, 0.2) is 36.7 Å². The van der Waals surface area contributed by atoms with Crippen LogP contribution in [0.1, 0.15) is 0 Å². The number of fused-ring (bicyclic) bond motifs is 1. The van der Waals surface area contributed by atoms with Gasteiger partial charge in [-0.3, -0.25) is 4.98 Å². The second kappa shape index (κ2) is 4.94. The minimum Gasteiger partial charge on any atom is -0.383 e. The first-order chi connectivity index (χ1) is 7.77. The van der Waals surface area contributed by atoms with Crippen LogP contribution < -0.4 is 5.32 Å². The molecule has 0 aliphatic heterocycles. The van der Waals surface area contributed by atoms with Gasteiger partial charge in [-0.25, -0.2) is 0 Å². The molecule has 0 unspecified atom stereocenters. The number of aromatic nitrogens is 1. The van der Waals surface area contributed by atoms with Gasteiger partial charge >= 0.3 is 0 Å². The smallest absolute Gasteiger partial charge is 0.0421 e. The molecule has 1 aromatic carbocycles. The lowest BCUT2D eigenvalue weighted by Gasteiger charge is -2.12. The summed E-state index contributed by atoms with van der Waals surface area (Å²) in [7, 11) is 4.16. The van der Waals surface area contributed by atoms with Crippen LogP contribution in [0, 0.1) is 0 Å². The van der Waals surface area contributed by atoms with Gasteiger partial charge in [0, 0.05) is 41.9 Å². The maximum Gasteiger partial charge on any atom is 0.0421 e. The Morgan fingerprint density at radius 1 is 1.25 bits per heavy atom. The van der Waals surface area contributed by atoms with Gasteiger partial charge < -0.3 is 10.2 Å². The normalized spacial score (nSPS) is 10.9. The third-order valence-corrected chi connectivity index (χ3v) is 2.56. The molecule has 0 fully saturated rings. The number of nitrogens with zero attached hydrogens (tertiary/aromatic N) is 2. The van der Waals surface area contributed by atoms with Crippen molar-refractivity contribution in [2.24, 2.45) is 0 Å². The van der Waals surface area contributed by atoms with E-state index in [1.165, 1.54) is 16.5 Å². The van der Waals surface area contributed by atoms with Gasteiger partial charge in [-0.1, -0.05) is 12.1 Å². The molecule has 0 atom stereocenters. The van der Waals surface area contributed by atoms with Crippen LogP contribution in [-0.4, -0.2) is 37.1 Å². The number of hydrogen-bond acceptors (Lipinski definition) is 3. The standard InChI is InChI=1S/C13H17N3/c1-16(2)9-8-15-13-5-3-4-11-10-14-7-6-12(11)13/h3-7,10,15H,8-9H2,1-2H3. The molecule has 1 aromatic heterocycles. The second-order valence-corrected chi connectivity index (χ2v) is 4.13. The number of benzene rings is 1. The number of hydrogen-bond donors (Lipinski definition) is 1. The maximum atomic E-state index is 4.13. The molecule has 2 aromatic rings. The molecule has 3 nitrogen and oxygen atoms in total. The summed E-state index contributed by atoms with van der Waals surface area (Å²) in [6.07, 6.45) is 3.73. The Bertz CT molecular complexity index is 460. The largest absolute Gasteiger partial charge is 0.383 e. The fraction of sp³-hybridized carbons (Fsp3) is 0.308. The number of anilines is 1. The van der Waals surface area contributed by atoms with Crippen LogP contribution in [0.25, 0.3) is 10.8 Å². The highest BCUT2D eigenvalue weighted by molar-refractivity contribution is 5.93. The van der Waals surface area contributed by atoms with Gasteiger partial charge in [-0.05, 0) is 26.2 Å². The van der Waals surface area contributed by atoms with E-state index in [0.29, 0.717) is 0 Å². The molecule has 0 spiro atoms. The van der Waals surface area contributed by atoms with Crippen molar-refractivity contribution in [3.63, 3.8) is 0 Å². The van der Waals surface area contributed by atoms with Crippen LogP contribution in [0.5, 0.6) is 0 Å². The predicted octanol–water partition coefficient (Wildman–Crippen LogP) is 2.21. The van der Waals surface area contributed by atoms with Crippen molar-refractivity contribution in [3.8, 4) is 0 Å². The third-order valence-electron chi connectivity index (χ3n) is 2.56. The number of rotatable bonds is 4. The molecule has 84 valence electrons. The third kappa shape index (κ3) is 2.49. The van der Waals surface area contributed by atoms with Crippen LogP contribution in [0.3, 0.4) is 0 Å². The Labute approximate surface area is 96.1 Å². The Balaban J connectivity index is 2.17. The molecule has 16 heavy (non-hydrogen) atoms. The summed E-state index contributed by atoms with van der Waals surface area (Å²) in [6, 6.07) is 8.30. The summed E-state index contributed by atoms with van der Waals surface area (Å²) in [5, 5.41) is 5.86. The van der Waals surface area contributed by atoms with Crippen molar-refractivity contribution in [1.29, 1.82) is 0 Å². The van der Waals surface area contributed by atoms with Gasteiger partial charge in [0.2, 0.25) is 0 Å². The van der Waals surface area contributed by atoms with Gasteiger partial charge in [0.1, 0.15) is 0 Å². The summed E-state index contributed by atoms with van der Waals surface area (Å²) >= 11 is 0. The summed E-state index contributed by atoms with van der Waals surface area (Å²) in [5.74, 6) is 0. The minimum atomic E-state index is 0.953. The van der Waals surface area contributed by atoms with E-state index in [2.05, 4.69) is 47.5 Å². The van der Waals surface area contributed by atoms with E-state index >= 15 is 0 Å². The Hall–Kier alpha value is -1.61. The molecule has 0 bridgehead atoms. The first-order valence-corrected chi connectivity index (χ1v) is 5.49. The average Bonchev–Trinajstić information content (AvgIpc) is 2.29. The van der Waals surface area contributed by atoms with Crippen LogP contribution in [0.4, 0.5) is 5.69 Å². The number of likely N-dealkylation sites (N-methyl/N-ethyl adjacent to an activating group) is 1. The predicted molar refractivity (Wildman–Crippen MR) is 68.8 cm³/mol. The molecular formula is C13H17N3. The molecule has 0 saturated heterocycles. The highest BCUT2D eigenvalue weighted by Crippen LogP contribution is 2.21. The van der Waals surface area contributed by atoms with E-state index in [0.717, 1.165) is 13.1 Å². The van der Waals surface area contributed by atoms with Crippen molar-refractivity contribution in [2.45, 2.75) is 0 Å². The maximum absolute atomic E-state index is 4.13. The lowest BCUT2D eigenvalue weighted by molar-refractivity contribution is 0.425. The fourth-order valence-corrected chi connectivity index (χ4v) is 1.69. The molecule has 0 aliphatic carbocycles. The zero-order valence-electron chi connectivity index (χ0n) is 9.77. The zero-order valence-corrected chi connectivity index (χ0v) is 9.77. The van der Waals surface area contributed by atoms with Crippen molar-refractivity contribution in [2.75, 3.05) is 32.5 Å². The molecule has 1 N–H and O–H groups in total. The van der Waals surface area contributed by atoms with E-state index in [1.807, 2.05) is 18.5 Å². The van der Waals surface area contributed by atoms with Gasteiger partial charge in [0.05, 0.1) is 0 Å². The van der Waals surface area contributed by atoms with Gasteiger partial charge in [0.25, 0.3) is 0 Å². The van der Waals surface area contributed by atoms with Crippen molar-refractivity contribution in [1.82, 2.24) is 9.88 Å². The Morgan fingerprint density at radius 2 is 2.12 bits per heavy atom. The first kappa shape index (κ1) is 10.9. The summed E-state index contributed by atoms with van der Waals surface area (Å²) < 4.78 is 0. The molecule has 0 radical (unpaired) electrons. The minimum absolute atomic E-state index is 0.953. The van der Waals surface area contributed by atoms with Crippen molar-refractivity contribution in [3.05, 3.63) is 36.7 Å². The first-order valence-electron chi connectivity index (χ1n) is 5.49. The monoisotopic (exact) mass is 215 g/mol. The molecule has 3 heteroatoms. The number of pyridine rings is 1. The number of nitrogens with one attached hydrogen (secondary N) is 1. The molecule has 0 saturated carbocycles. The van der Waals surface area contributed by atoms with Crippen LogP contribution >= 0.6 is 0 Å². The lowest BCUT2D eigenvalue weighted by atomic mass is 10.1. The molecular weight excluding hydrogens is 198 g/mol. The van der Waals surface area contributed by atoms with Gasteiger partial charge in [0.15, 0.2) is 0 Å². The Kier molecular flexibility index (Phi) is 3.37. The molecule has 2 rings (SSSR count). The highest BCUT2D eigenvalue weighted by Gasteiger charge is 1.99. The lowest BCUT2D eigenvalue weighted by Crippen LogP contribution is -2.20. The fourth-order valence-electron chi connectivity index (χ4n) is 1.69. The average molecular weight is 215 g/mol.